The van der Waals surface area contributed by atoms with E-state index in [2.05, 4.69) is 56.4 Å². The first kappa shape index (κ1) is 18.4. The molecule has 6 heteroatoms. The largest absolute Gasteiger partial charge is 0.460 e. The minimum Gasteiger partial charge on any atom is -0.460 e. The van der Waals surface area contributed by atoms with Gasteiger partial charge in [0.1, 0.15) is 6.10 Å². The monoisotopic (exact) mass is 375 g/mol. The fourth-order valence-corrected chi connectivity index (χ4v) is 3.36. The highest BCUT2D eigenvalue weighted by Crippen LogP contribution is 2.20. The number of hydrogen-bond donors (Lipinski definition) is 0. The zero-order chi connectivity index (χ0) is 19.2. The van der Waals surface area contributed by atoms with Gasteiger partial charge in [0.15, 0.2) is 0 Å². The number of aryl methyl sites for hydroxylation is 1. The molecule has 0 aliphatic carbocycles. The molecule has 0 spiro atoms. The van der Waals surface area contributed by atoms with Gasteiger partial charge in [0.2, 0.25) is 0 Å². The van der Waals surface area contributed by atoms with Crippen LogP contribution in [-0.4, -0.2) is 50.4 Å². The molecule has 0 N–H and O–H groups in total. The second-order valence-electron chi connectivity index (χ2n) is 7.09. The Kier molecular flexibility index (Phi) is 5.77. The van der Waals surface area contributed by atoms with E-state index in [0.717, 1.165) is 43.6 Å². The Morgan fingerprint density at radius 1 is 1.04 bits per heavy atom. The van der Waals surface area contributed by atoms with Gasteiger partial charge in [0, 0.05) is 56.4 Å². The molecule has 1 fully saturated rings. The van der Waals surface area contributed by atoms with Gasteiger partial charge in [0.25, 0.3) is 0 Å². The van der Waals surface area contributed by atoms with Gasteiger partial charge in [-0.05, 0) is 18.4 Å². The zero-order valence-corrected chi connectivity index (χ0v) is 16.1. The average Bonchev–Trinajstić information content (AvgIpc) is 3.17. The van der Waals surface area contributed by atoms with E-state index >= 15 is 0 Å². The predicted molar refractivity (Wildman–Crippen MR) is 110 cm³/mol. The molecule has 0 atom stereocenters. The molecule has 1 aliphatic rings. The Bertz CT molecular complexity index is 896. The van der Waals surface area contributed by atoms with Crippen LogP contribution in [0, 0.1) is 0 Å². The fourth-order valence-electron chi connectivity index (χ4n) is 3.36. The van der Waals surface area contributed by atoms with Gasteiger partial charge in [-0.2, -0.15) is 5.10 Å². The minimum absolute atomic E-state index is 0.179. The molecule has 0 bridgehead atoms. The number of piperidine rings is 1. The highest BCUT2D eigenvalue weighted by molar-refractivity contribution is 5.59. The second kappa shape index (κ2) is 8.80. The maximum Gasteiger partial charge on any atom is 0.316 e. The van der Waals surface area contributed by atoms with Gasteiger partial charge in [-0.15, -0.1) is 0 Å². The van der Waals surface area contributed by atoms with Crippen molar-refractivity contribution in [2.45, 2.75) is 18.9 Å². The summed E-state index contributed by atoms with van der Waals surface area (Å²) in [5.74, 6) is 0. The molecular formula is C22H25N5O. The lowest BCUT2D eigenvalue weighted by Gasteiger charge is -2.30. The van der Waals surface area contributed by atoms with Crippen LogP contribution < -0.4 is 4.74 Å². The summed E-state index contributed by atoms with van der Waals surface area (Å²) in [7, 11) is 1.89. The summed E-state index contributed by atoms with van der Waals surface area (Å²) in [5, 5.41) is 4.17. The number of ether oxygens (including phenoxy) is 1. The molecule has 3 heterocycles. The topological polar surface area (TPSA) is 56.1 Å². The molecule has 6 nitrogen and oxygen atoms in total. The maximum absolute atomic E-state index is 5.99. The molecule has 0 radical (unpaired) electrons. The van der Waals surface area contributed by atoms with Crippen molar-refractivity contribution in [3.8, 4) is 17.1 Å². The van der Waals surface area contributed by atoms with Gasteiger partial charge in [0.05, 0.1) is 6.20 Å². The molecule has 0 unspecified atom stereocenters. The van der Waals surface area contributed by atoms with Gasteiger partial charge in [-0.25, -0.2) is 9.97 Å². The molecule has 3 aromatic rings. The number of hydrogen-bond acceptors (Lipinski definition) is 5. The van der Waals surface area contributed by atoms with E-state index in [1.807, 2.05) is 19.3 Å². The van der Waals surface area contributed by atoms with E-state index < -0.39 is 0 Å². The summed E-state index contributed by atoms with van der Waals surface area (Å²) in [4.78, 5) is 11.2. The molecule has 0 amide bonds. The fraction of sp³-hybridized carbons (Fsp3) is 0.318. The summed E-state index contributed by atoms with van der Waals surface area (Å²) < 4.78 is 7.75. The van der Waals surface area contributed by atoms with Crippen molar-refractivity contribution in [2.24, 2.45) is 7.05 Å². The van der Waals surface area contributed by atoms with Crippen molar-refractivity contribution in [3.05, 3.63) is 66.8 Å². The molecule has 4 rings (SSSR count). The third-order valence-electron chi connectivity index (χ3n) is 4.95. The first-order chi connectivity index (χ1) is 13.8. The minimum atomic E-state index is 0.179. The van der Waals surface area contributed by atoms with Crippen LogP contribution in [-0.2, 0) is 7.05 Å². The van der Waals surface area contributed by atoms with Crippen LogP contribution >= 0.6 is 0 Å². The third-order valence-corrected chi connectivity index (χ3v) is 4.95. The second-order valence-corrected chi connectivity index (χ2v) is 7.09. The quantitative estimate of drug-likeness (QED) is 0.661. The summed E-state index contributed by atoms with van der Waals surface area (Å²) >= 11 is 0. The highest BCUT2D eigenvalue weighted by Gasteiger charge is 2.20. The van der Waals surface area contributed by atoms with Gasteiger partial charge < -0.3 is 4.74 Å². The molecule has 0 saturated carbocycles. The van der Waals surface area contributed by atoms with E-state index in [1.165, 1.54) is 5.56 Å². The third kappa shape index (κ3) is 4.84. The van der Waals surface area contributed by atoms with E-state index in [4.69, 9.17) is 4.74 Å². The van der Waals surface area contributed by atoms with Gasteiger partial charge in [-0.1, -0.05) is 42.5 Å². The van der Waals surface area contributed by atoms with Crippen molar-refractivity contribution in [3.63, 3.8) is 0 Å². The SMILES string of the molecule is Cn1cc(-c2cnc(OC3CCN(C/C=C/c4ccccc4)CC3)nc2)cn1. The van der Waals surface area contributed by atoms with Crippen molar-refractivity contribution in [2.75, 3.05) is 19.6 Å². The van der Waals surface area contributed by atoms with Crippen molar-refractivity contribution in [1.29, 1.82) is 0 Å². The van der Waals surface area contributed by atoms with E-state index in [1.54, 1.807) is 23.3 Å². The van der Waals surface area contributed by atoms with Crippen LogP contribution in [0.5, 0.6) is 6.01 Å². The van der Waals surface area contributed by atoms with Crippen molar-refractivity contribution >= 4 is 6.08 Å². The summed E-state index contributed by atoms with van der Waals surface area (Å²) in [6, 6.07) is 10.9. The van der Waals surface area contributed by atoms with Crippen LogP contribution in [0.2, 0.25) is 0 Å². The van der Waals surface area contributed by atoms with Crippen LogP contribution in [0.1, 0.15) is 18.4 Å². The molecule has 2 aromatic heterocycles. The zero-order valence-electron chi connectivity index (χ0n) is 16.1. The molecule has 1 aromatic carbocycles. The number of likely N-dealkylation sites (tertiary alicyclic amines) is 1. The van der Waals surface area contributed by atoms with E-state index in [9.17, 15) is 0 Å². The summed E-state index contributed by atoms with van der Waals surface area (Å²) in [5.41, 5.74) is 3.19. The highest BCUT2D eigenvalue weighted by atomic mass is 16.5. The lowest BCUT2D eigenvalue weighted by molar-refractivity contribution is 0.0986. The van der Waals surface area contributed by atoms with Crippen LogP contribution in [0.4, 0.5) is 0 Å². The molecule has 144 valence electrons. The van der Waals surface area contributed by atoms with Crippen LogP contribution in [0.15, 0.2) is 61.2 Å². The smallest absolute Gasteiger partial charge is 0.316 e. The standard InChI is InChI=1S/C22H25N5O/c1-26-17-20(16-25-26)19-14-23-22(24-15-19)28-21-9-12-27(13-10-21)11-5-8-18-6-3-2-4-7-18/h2-8,14-17,21H,9-13H2,1H3/b8-5+. The van der Waals surface area contributed by atoms with Gasteiger partial charge in [-0.3, -0.25) is 9.58 Å². The number of rotatable bonds is 6. The predicted octanol–water partition coefficient (Wildman–Crippen LogP) is 3.43. The Balaban J connectivity index is 1.23. The van der Waals surface area contributed by atoms with E-state index in [0.29, 0.717) is 6.01 Å². The number of benzene rings is 1. The van der Waals surface area contributed by atoms with E-state index in [-0.39, 0.29) is 6.10 Å². The van der Waals surface area contributed by atoms with Crippen LogP contribution in [0.3, 0.4) is 0 Å². The molecular weight excluding hydrogens is 350 g/mol. The normalized spacial score (nSPS) is 15.9. The Morgan fingerprint density at radius 2 is 1.79 bits per heavy atom. The molecule has 1 saturated heterocycles. The lowest BCUT2D eigenvalue weighted by atomic mass is 10.1. The molecule has 1 aliphatic heterocycles. The number of nitrogens with zero attached hydrogens (tertiary/aromatic N) is 5. The van der Waals surface area contributed by atoms with Gasteiger partial charge >= 0.3 is 6.01 Å². The summed E-state index contributed by atoms with van der Waals surface area (Å²) in [6.45, 7) is 3.02. The van der Waals surface area contributed by atoms with Crippen molar-refractivity contribution in [1.82, 2.24) is 24.6 Å². The molecule has 28 heavy (non-hydrogen) atoms. The Morgan fingerprint density at radius 3 is 2.46 bits per heavy atom. The Labute approximate surface area is 165 Å². The van der Waals surface area contributed by atoms with Crippen molar-refractivity contribution < 1.29 is 4.74 Å². The maximum atomic E-state index is 5.99. The average molecular weight is 375 g/mol. The first-order valence-electron chi connectivity index (χ1n) is 9.68. The Hall–Kier alpha value is -2.99. The first-order valence-corrected chi connectivity index (χ1v) is 9.68. The van der Waals surface area contributed by atoms with Crippen LogP contribution in [0.25, 0.3) is 17.2 Å². The number of aromatic nitrogens is 4. The summed E-state index contributed by atoms with van der Waals surface area (Å²) in [6.07, 6.45) is 13.9. The lowest BCUT2D eigenvalue weighted by Crippen LogP contribution is -2.38.